The predicted octanol–water partition coefficient (Wildman–Crippen LogP) is 6.43. The average molecular weight is 382 g/mol. The zero-order valence-corrected chi connectivity index (χ0v) is 17.4. The minimum absolute atomic E-state index is 0.0885. The molecule has 0 spiro atoms. The first-order chi connectivity index (χ1) is 12.7. The van der Waals surface area contributed by atoms with Gasteiger partial charge in [-0.25, -0.2) is 0 Å². The molecule has 1 aromatic heterocycles. The second-order valence-electron chi connectivity index (χ2n) is 8.81. The molecule has 0 saturated carbocycles. The fourth-order valence-electron chi connectivity index (χ4n) is 4.88. The molecule has 1 N–H and O–H groups in total. The van der Waals surface area contributed by atoms with Crippen LogP contribution in [-0.2, 0) is 5.41 Å². The molecule has 1 heterocycles. The zero-order valence-electron chi connectivity index (χ0n) is 16.6. The van der Waals surface area contributed by atoms with Gasteiger partial charge in [-0.15, -0.1) is 11.8 Å². The van der Waals surface area contributed by atoms with Gasteiger partial charge in [-0.3, -0.25) is 0 Å². The Labute approximate surface area is 165 Å². The zero-order chi connectivity index (χ0) is 19.4. The first-order valence-electron chi connectivity index (χ1n) is 9.38. The van der Waals surface area contributed by atoms with Gasteiger partial charge >= 0.3 is 0 Å². The lowest BCUT2D eigenvalue weighted by Crippen LogP contribution is -2.38. The SMILES string of the molecule is COc1ccc(S[C@@H]2c3c(n(O)c4ccccc34)C(C)(C)CC2(C)C)cc1. The molecule has 0 aliphatic heterocycles. The van der Waals surface area contributed by atoms with E-state index in [1.807, 2.05) is 36.0 Å². The van der Waals surface area contributed by atoms with Gasteiger partial charge in [-0.05, 0) is 47.7 Å². The number of hydrogen-bond donors (Lipinski definition) is 1. The van der Waals surface area contributed by atoms with Gasteiger partial charge < -0.3 is 9.94 Å². The Hall–Kier alpha value is -2.07. The van der Waals surface area contributed by atoms with Crippen LogP contribution in [0.3, 0.4) is 0 Å². The number of ether oxygens (including phenoxy) is 1. The minimum atomic E-state index is -0.0937. The van der Waals surface area contributed by atoms with Crippen LogP contribution in [0, 0.1) is 5.41 Å². The molecule has 0 unspecified atom stereocenters. The van der Waals surface area contributed by atoms with Crippen molar-refractivity contribution in [3.8, 4) is 5.75 Å². The molecule has 4 heteroatoms. The highest BCUT2D eigenvalue weighted by Crippen LogP contribution is 2.60. The smallest absolute Gasteiger partial charge is 0.118 e. The first-order valence-corrected chi connectivity index (χ1v) is 10.3. The van der Waals surface area contributed by atoms with Gasteiger partial charge in [0, 0.05) is 20.9 Å². The Morgan fingerprint density at radius 1 is 1.04 bits per heavy atom. The number of methoxy groups -OCH3 is 1. The molecule has 1 atom stereocenters. The maximum atomic E-state index is 11.0. The van der Waals surface area contributed by atoms with Crippen molar-refractivity contribution in [3.63, 3.8) is 0 Å². The number of rotatable bonds is 3. The van der Waals surface area contributed by atoms with E-state index in [0.717, 1.165) is 28.8 Å². The summed E-state index contributed by atoms with van der Waals surface area (Å²) in [7, 11) is 1.69. The molecule has 0 bridgehead atoms. The quantitative estimate of drug-likeness (QED) is 0.531. The summed E-state index contributed by atoms with van der Waals surface area (Å²) in [5.74, 6) is 0.871. The highest BCUT2D eigenvalue weighted by Gasteiger charge is 2.48. The monoisotopic (exact) mass is 381 g/mol. The van der Waals surface area contributed by atoms with Gasteiger partial charge in [-0.2, -0.15) is 4.73 Å². The van der Waals surface area contributed by atoms with Crippen LogP contribution in [0.4, 0.5) is 0 Å². The van der Waals surface area contributed by atoms with Gasteiger partial charge in [0.15, 0.2) is 0 Å². The maximum Gasteiger partial charge on any atom is 0.118 e. The van der Waals surface area contributed by atoms with Crippen molar-refractivity contribution in [2.24, 2.45) is 5.41 Å². The lowest BCUT2D eigenvalue weighted by atomic mass is 9.64. The molecule has 3 aromatic rings. The van der Waals surface area contributed by atoms with E-state index in [0.29, 0.717) is 0 Å². The summed E-state index contributed by atoms with van der Waals surface area (Å²) in [6.45, 7) is 9.19. The Balaban J connectivity index is 1.89. The van der Waals surface area contributed by atoms with Crippen molar-refractivity contribution in [2.45, 2.75) is 49.7 Å². The maximum absolute atomic E-state index is 11.0. The van der Waals surface area contributed by atoms with Crippen LogP contribution in [0.1, 0.15) is 50.6 Å². The molecule has 3 nitrogen and oxygen atoms in total. The van der Waals surface area contributed by atoms with E-state index in [1.54, 1.807) is 7.11 Å². The normalized spacial score (nSPS) is 20.4. The van der Waals surface area contributed by atoms with Crippen LogP contribution in [0.2, 0.25) is 0 Å². The Morgan fingerprint density at radius 2 is 1.70 bits per heavy atom. The van der Waals surface area contributed by atoms with E-state index in [2.05, 4.69) is 52.0 Å². The molecule has 2 aromatic carbocycles. The number of fused-ring (bicyclic) bond motifs is 3. The average Bonchev–Trinajstić information content (AvgIpc) is 2.92. The molecule has 142 valence electrons. The van der Waals surface area contributed by atoms with E-state index >= 15 is 0 Å². The van der Waals surface area contributed by atoms with Crippen LogP contribution in [0.5, 0.6) is 5.75 Å². The molecule has 1 aliphatic carbocycles. The summed E-state index contributed by atoms with van der Waals surface area (Å²) in [6, 6.07) is 16.5. The van der Waals surface area contributed by atoms with Crippen LogP contribution in [0.25, 0.3) is 10.9 Å². The van der Waals surface area contributed by atoms with Gasteiger partial charge in [0.25, 0.3) is 0 Å². The number of para-hydroxylation sites is 1. The minimum Gasteiger partial charge on any atom is -0.497 e. The molecule has 0 radical (unpaired) electrons. The van der Waals surface area contributed by atoms with Crippen molar-refractivity contribution in [3.05, 3.63) is 59.8 Å². The lowest BCUT2D eigenvalue weighted by molar-refractivity contribution is 0.147. The third-order valence-corrected chi connectivity index (χ3v) is 7.37. The predicted molar refractivity (Wildman–Crippen MR) is 112 cm³/mol. The summed E-state index contributed by atoms with van der Waals surface area (Å²) in [6.07, 6.45) is 1.01. The van der Waals surface area contributed by atoms with Gasteiger partial charge in [-0.1, -0.05) is 45.9 Å². The molecule has 4 rings (SSSR count). The second-order valence-corrected chi connectivity index (χ2v) is 9.99. The first kappa shape index (κ1) is 18.3. The molecule has 0 amide bonds. The van der Waals surface area contributed by atoms with Crippen LogP contribution < -0.4 is 4.74 Å². The number of nitrogens with zero attached hydrogens (tertiary/aromatic N) is 1. The van der Waals surface area contributed by atoms with E-state index in [9.17, 15) is 5.21 Å². The third-order valence-electron chi connectivity index (χ3n) is 5.71. The number of thioether (sulfide) groups is 1. The molecule has 27 heavy (non-hydrogen) atoms. The number of benzene rings is 2. The summed E-state index contributed by atoms with van der Waals surface area (Å²) in [4.78, 5) is 1.22. The molecule has 0 saturated heterocycles. The van der Waals surface area contributed by atoms with Crippen molar-refractivity contribution in [2.75, 3.05) is 7.11 Å². The number of hydrogen-bond acceptors (Lipinski definition) is 3. The van der Waals surface area contributed by atoms with Gasteiger partial charge in [0.2, 0.25) is 0 Å². The summed E-state index contributed by atoms with van der Waals surface area (Å²) < 4.78 is 6.73. The summed E-state index contributed by atoms with van der Waals surface area (Å²) in [5.41, 5.74) is 3.22. The van der Waals surface area contributed by atoms with Crippen molar-refractivity contribution in [1.82, 2.24) is 4.73 Å². The highest BCUT2D eigenvalue weighted by atomic mass is 32.2. The largest absolute Gasteiger partial charge is 0.497 e. The summed E-state index contributed by atoms with van der Waals surface area (Å²) in [5, 5.41) is 12.4. The van der Waals surface area contributed by atoms with Crippen molar-refractivity contribution in [1.29, 1.82) is 0 Å². The van der Waals surface area contributed by atoms with Crippen LogP contribution >= 0.6 is 11.8 Å². The van der Waals surface area contributed by atoms with E-state index in [1.165, 1.54) is 15.2 Å². The fourth-order valence-corrected chi connectivity index (χ4v) is 6.20. The van der Waals surface area contributed by atoms with E-state index < -0.39 is 0 Å². The second kappa shape index (κ2) is 6.23. The molecular formula is C23H27NO2S. The molecule has 1 aliphatic rings. The van der Waals surface area contributed by atoms with E-state index in [-0.39, 0.29) is 16.1 Å². The van der Waals surface area contributed by atoms with Crippen molar-refractivity contribution < 1.29 is 9.94 Å². The van der Waals surface area contributed by atoms with Crippen molar-refractivity contribution >= 4 is 22.7 Å². The Bertz CT molecular complexity index is 986. The fraction of sp³-hybridized carbons (Fsp3) is 0.391. The standard InChI is InChI=1S/C23H27NO2S/c1-22(2)14-23(3,4)21(27-16-12-10-15(26-5)11-13-16)19-17-8-6-7-9-18(17)24(25)20(19)22/h6-13,21,25H,14H2,1-5H3/t21-/m1/s1. The van der Waals surface area contributed by atoms with Gasteiger partial charge in [0.1, 0.15) is 5.75 Å². The summed E-state index contributed by atoms with van der Waals surface area (Å²) >= 11 is 1.88. The third kappa shape index (κ3) is 2.91. The Kier molecular flexibility index (Phi) is 4.22. The Morgan fingerprint density at radius 3 is 2.37 bits per heavy atom. The van der Waals surface area contributed by atoms with Crippen LogP contribution in [0.15, 0.2) is 53.4 Å². The van der Waals surface area contributed by atoms with Gasteiger partial charge in [0.05, 0.1) is 18.3 Å². The lowest BCUT2D eigenvalue weighted by Gasteiger charge is -2.46. The van der Waals surface area contributed by atoms with E-state index in [4.69, 9.17) is 4.74 Å². The number of aromatic nitrogens is 1. The topological polar surface area (TPSA) is 34.4 Å². The van der Waals surface area contributed by atoms with Crippen LogP contribution in [-0.4, -0.2) is 17.0 Å². The molecular weight excluding hydrogens is 354 g/mol. The highest BCUT2D eigenvalue weighted by molar-refractivity contribution is 7.99. The molecule has 0 fully saturated rings.